The maximum atomic E-state index is 11.9. The minimum atomic E-state index is -4.48. The van der Waals surface area contributed by atoms with Gasteiger partial charge < -0.3 is 5.32 Å². The molecule has 19 heavy (non-hydrogen) atoms. The van der Waals surface area contributed by atoms with Gasteiger partial charge in [-0.3, -0.25) is 14.2 Å². The maximum absolute atomic E-state index is 11.9. The zero-order valence-electron chi connectivity index (χ0n) is 9.40. The number of alkyl halides is 3. The fourth-order valence-electron chi connectivity index (χ4n) is 1.40. The SMILES string of the molecule is O=C(Cn1cnc2ccsc2c1=O)NCC(F)(F)F. The van der Waals surface area contributed by atoms with E-state index in [-0.39, 0.29) is 0 Å². The molecule has 0 aliphatic carbocycles. The lowest BCUT2D eigenvalue weighted by atomic mass is 10.4. The number of carbonyl (C=O) groups is 1. The zero-order chi connectivity index (χ0) is 14.0. The van der Waals surface area contributed by atoms with Gasteiger partial charge in [0.05, 0.1) is 11.8 Å². The van der Waals surface area contributed by atoms with Crippen LogP contribution in [0.25, 0.3) is 10.2 Å². The molecule has 0 saturated heterocycles. The van der Waals surface area contributed by atoms with E-state index in [0.29, 0.717) is 10.2 Å². The van der Waals surface area contributed by atoms with Crippen LogP contribution in [0.2, 0.25) is 0 Å². The smallest absolute Gasteiger partial charge is 0.345 e. The third-order valence-electron chi connectivity index (χ3n) is 2.24. The predicted molar refractivity (Wildman–Crippen MR) is 62.9 cm³/mol. The molecule has 5 nitrogen and oxygen atoms in total. The van der Waals surface area contributed by atoms with Crippen molar-refractivity contribution in [1.82, 2.24) is 14.9 Å². The highest BCUT2D eigenvalue weighted by molar-refractivity contribution is 7.17. The summed E-state index contributed by atoms with van der Waals surface area (Å²) in [6.45, 7) is -1.91. The first-order valence-electron chi connectivity index (χ1n) is 5.13. The molecule has 0 aliphatic heterocycles. The summed E-state index contributed by atoms with van der Waals surface area (Å²) >= 11 is 1.17. The van der Waals surface area contributed by atoms with E-state index in [1.54, 1.807) is 16.8 Å². The van der Waals surface area contributed by atoms with Gasteiger partial charge in [-0.25, -0.2) is 4.98 Å². The summed E-state index contributed by atoms with van der Waals surface area (Å²) in [4.78, 5) is 27.1. The summed E-state index contributed by atoms with van der Waals surface area (Å²) in [6, 6.07) is 1.65. The minimum Gasteiger partial charge on any atom is -0.345 e. The molecule has 0 saturated carbocycles. The lowest BCUT2D eigenvalue weighted by Gasteiger charge is -2.09. The van der Waals surface area contributed by atoms with Crippen LogP contribution in [-0.4, -0.2) is 28.2 Å². The number of nitrogens with one attached hydrogen (secondary N) is 1. The molecule has 2 rings (SSSR count). The highest BCUT2D eigenvalue weighted by Gasteiger charge is 2.27. The highest BCUT2D eigenvalue weighted by Crippen LogP contribution is 2.13. The van der Waals surface area contributed by atoms with Crippen molar-refractivity contribution in [3.05, 3.63) is 28.1 Å². The van der Waals surface area contributed by atoms with Gasteiger partial charge in [0.15, 0.2) is 0 Å². The van der Waals surface area contributed by atoms with Crippen molar-refractivity contribution < 1.29 is 18.0 Å². The van der Waals surface area contributed by atoms with Crippen molar-refractivity contribution in [1.29, 1.82) is 0 Å². The van der Waals surface area contributed by atoms with E-state index in [0.717, 1.165) is 10.9 Å². The van der Waals surface area contributed by atoms with Crippen LogP contribution in [0.4, 0.5) is 13.2 Å². The second-order valence-electron chi connectivity index (χ2n) is 3.70. The molecule has 0 aliphatic rings. The normalized spacial score (nSPS) is 11.7. The summed E-state index contributed by atoms with van der Waals surface area (Å²) in [6.07, 6.45) is -3.33. The highest BCUT2D eigenvalue weighted by atomic mass is 32.1. The fraction of sp³-hybridized carbons (Fsp3) is 0.300. The first-order chi connectivity index (χ1) is 8.87. The van der Waals surface area contributed by atoms with Crippen LogP contribution >= 0.6 is 11.3 Å². The molecule has 0 unspecified atom stereocenters. The number of fused-ring (bicyclic) bond motifs is 1. The van der Waals surface area contributed by atoms with E-state index in [4.69, 9.17) is 0 Å². The predicted octanol–water partition coefficient (Wildman–Crippen LogP) is 1.14. The largest absolute Gasteiger partial charge is 0.405 e. The number of carbonyl (C=O) groups excluding carboxylic acids is 1. The standard InChI is InChI=1S/C10H8F3N3O2S/c11-10(12,13)4-14-7(17)3-16-5-15-6-1-2-19-8(6)9(16)18/h1-2,5H,3-4H2,(H,14,17). The Morgan fingerprint density at radius 1 is 1.47 bits per heavy atom. The van der Waals surface area contributed by atoms with Gasteiger partial charge in [0.2, 0.25) is 5.91 Å². The van der Waals surface area contributed by atoms with Crippen molar-refractivity contribution in [2.24, 2.45) is 0 Å². The molecule has 2 heterocycles. The zero-order valence-corrected chi connectivity index (χ0v) is 10.2. The lowest BCUT2D eigenvalue weighted by Crippen LogP contribution is -2.37. The average Bonchev–Trinajstić information content (AvgIpc) is 2.78. The molecule has 0 radical (unpaired) electrons. The molecule has 0 fully saturated rings. The molecule has 0 spiro atoms. The van der Waals surface area contributed by atoms with E-state index in [9.17, 15) is 22.8 Å². The first kappa shape index (κ1) is 13.5. The first-order valence-corrected chi connectivity index (χ1v) is 6.01. The van der Waals surface area contributed by atoms with Crippen LogP contribution in [0.15, 0.2) is 22.6 Å². The molecule has 2 aromatic rings. The second-order valence-corrected chi connectivity index (χ2v) is 4.62. The van der Waals surface area contributed by atoms with Crippen molar-refractivity contribution in [2.75, 3.05) is 6.54 Å². The summed E-state index contributed by atoms with van der Waals surface area (Å²) in [5.41, 5.74) is 0.0594. The van der Waals surface area contributed by atoms with Gasteiger partial charge in [0.25, 0.3) is 5.56 Å². The van der Waals surface area contributed by atoms with Gasteiger partial charge in [-0.15, -0.1) is 11.3 Å². The van der Waals surface area contributed by atoms with E-state index < -0.39 is 30.7 Å². The summed E-state index contributed by atoms with van der Waals surface area (Å²) in [7, 11) is 0. The van der Waals surface area contributed by atoms with Gasteiger partial charge in [-0.2, -0.15) is 13.2 Å². The number of halogens is 3. The van der Waals surface area contributed by atoms with Crippen LogP contribution in [0, 0.1) is 0 Å². The molecular formula is C10H8F3N3O2S. The molecule has 0 atom stereocenters. The summed E-state index contributed by atoms with van der Waals surface area (Å²) in [5, 5.41) is 3.37. The Kier molecular flexibility index (Phi) is 3.56. The fourth-order valence-corrected chi connectivity index (χ4v) is 2.19. The van der Waals surface area contributed by atoms with Gasteiger partial charge >= 0.3 is 6.18 Å². The lowest BCUT2D eigenvalue weighted by molar-refractivity contribution is -0.138. The van der Waals surface area contributed by atoms with Crippen LogP contribution in [0.5, 0.6) is 0 Å². The van der Waals surface area contributed by atoms with Crippen molar-refractivity contribution in [3.8, 4) is 0 Å². The van der Waals surface area contributed by atoms with E-state index in [2.05, 4.69) is 4.98 Å². The molecule has 102 valence electrons. The van der Waals surface area contributed by atoms with E-state index in [1.165, 1.54) is 11.3 Å². The molecule has 1 amide bonds. The van der Waals surface area contributed by atoms with Crippen LogP contribution < -0.4 is 10.9 Å². The minimum absolute atomic E-state index is 0.367. The molecule has 0 aromatic carbocycles. The van der Waals surface area contributed by atoms with Crippen LogP contribution in [0.1, 0.15) is 0 Å². The Hall–Kier alpha value is -1.90. The number of hydrogen-bond donors (Lipinski definition) is 1. The second kappa shape index (κ2) is 5.00. The number of hydrogen-bond acceptors (Lipinski definition) is 4. The molecular weight excluding hydrogens is 283 g/mol. The van der Waals surface area contributed by atoms with Gasteiger partial charge in [0.1, 0.15) is 17.8 Å². The number of thiophene rings is 1. The Bertz CT molecular complexity index is 662. The molecule has 0 bridgehead atoms. The van der Waals surface area contributed by atoms with Crippen molar-refractivity contribution >= 4 is 27.5 Å². The van der Waals surface area contributed by atoms with Gasteiger partial charge in [0, 0.05) is 0 Å². The van der Waals surface area contributed by atoms with Crippen molar-refractivity contribution in [2.45, 2.75) is 12.7 Å². The molecule has 1 N–H and O–H groups in total. The monoisotopic (exact) mass is 291 g/mol. The number of nitrogens with zero attached hydrogens (tertiary/aromatic N) is 2. The topological polar surface area (TPSA) is 64.0 Å². The Morgan fingerprint density at radius 2 is 2.21 bits per heavy atom. The Morgan fingerprint density at radius 3 is 2.89 bits per heavy atom. The third kappa shape index (κ3) is 3.31. The summed E-state index contributed by atoms with van der Waals surface area (Å²) < 4.78 is 37.1. The van der Waals surface area contributed by atoms with Gasteiger partial charge in [-0.1, -0.05) is 0 Å². The quantitative estimate of drug-likeness (QED) is 0.922. The van der Waals surface area contributed by atoms with Crippen LogP contribution in [-0.2, 0) is 11.3 Å². The molecule has 2 aromatic heterocycles. The van der Waals surface area contributed by atoms with E-state index >= 15 is 0 Å². The molecule has 9 heteroatoms. The number of aromatic nitrogens is 2. The van der Waals surface area contributed by atoms with Gasteiger partial charge in [-0.05, 0) is 11.4 Å². The van der Waals surface area contributed by atoms with Crippen LogP contribution in [0.3, 0.4) is 0 Å². The Labute approximate surface area is 108 Å². The number of rotatable bonds is 3. The Balaban J connectivity index is 2.11. The number of amides is 1. The maximum Gasteiger partial charge on any atom is 0.405 e. The third-order valence-corrected chi connectivity index (χ3v) is 3.13. The average molecular weight is 291 g/mol. The summed E-state index contributed by atoms with van der Waals surface area (Å²) in [5.74, 6) is -0.892. The van der Waals surface area contributed by atoms with Crippen molar-refractivity contribution in [3.63, 3.8) is 0 Å². The van der Waals surface area contributed by atoms with E-state index in [1.807, 2.05) is 0 Å².